The lowest BCUT2D eigenvalue weighted by molar-refractivity contribution is 0.222. The summed E-state index contributed by atoms with van der Waals surface area (Å²) in [7, 11) is 0. The van der Waals surface area contributed by atoms with Gasteiger partial charge in [0.1, 0.15) is 5.82 Å². The Morgan fingerprint density at radius 2 is 1.79 bits per heavy atom. The Kier molecular flexibility index (Phi) is 5.30. The third-order valence-electron chi connectivity index (χ3n) is 7.34. The van der Waals surface area contributed by atoms with Crippen molar-refractivity contribution in [3.05, 3.63) is 83.2 Å². The van der Waals surface area contributed by atoms with Crippen molar-refractivity contribution in [3.63, 3.8) is 0 Å². The molecule has 1 atom stereocenters. The molecular weight excluding hydrogens is 425 g/mol. The normalized spacial score (nSPS) is 21.3. The Hall–Kier alpha value is -3.31. The van der Waals surface area contributed by atoms with Gasteiger partial charge >= 0.3 is 0 Å². The number of rotatable bonds is 5. The van der Waals surface area contributed by atoms with E-state index >= 15 is 4.39 Å². The molecule has 2 aliphatic rings. The van der Waals surface area contributed by atoms with Gasteiger partial charge in [-0.05, 0) is 84.5 Å². The molecular formula is C29H28FN3O. The van der Waals surface area contributed by atoms with Crippen LogP contribution in [0.2, 0.25) is 0 Å². The Bertz CT molecular complexity index is 1340. The molecule has 6 rings (SSSR count). The summed E-state index contributed by atoms with van der Waals surface area (Å²) in [5, 5.41) is 7.99. The zero-order valence-corrected chi connectivity index (χ0v) is 19.5. The van der Waals surface area contributed by atoms with E-state index < -0.39 is 0 Å². The minimum atomic E-state index is -0.368. The lowest BCUT2D eigenvalue weighted by Gasteiger charge is -2.36. The third kappa shape index (κ3) is 3.84. The Morgan fingerprint density at radius 1 is 0.971 bits per heavy atom. The summed E-state index contributed by atoms with van der Waals surface area (Å²) < 4.78 is 20.6. The Balaban J connectivity index is 1.25. The molecule has 3 aromatic carbocycles. The van der Waals surface area contributed by atoms with Gasteiger partial charge in [0.05, 0.1) is 5.56 Å². The lowest BCUT2D eigenvalue weighted by Crippen LogP contribution is -2.41. The maximum Gasteiger partial charge on any atom is 0.261 e. The first-order valence-corrected chi connectivity index (χ1v) is 12.1. The van der Waals surface area contributed by atoms with Crippen LogP contribution in [0.3, 0.4) is 0 Å². The third-order valence-corrected chi connectivity index (χ3v) is 7.34. The molecule has 4 nitrogen and oxygen atoms in total. The van der Waals surface area contributed by atoms with Crippen LogP contribution < -0.4 is 5.32 Å². The highest BCUT2D eigenvalue weighted by molar-refractivity contribution is 5.72. The second-order valence-corrected chi connectivity index (χ2v) is 9.88. The van der Waals surface area contributed by atoms with Crippen LogP contribution in [0.4, 0.5) is 4.39 Å². The molecule has 0 radical (unpaired) electrons. The van der Waals surface area contributed by atoms with Gasteiger partial charge in [0, 0.05) is 17.6 Å². The average Bonchev–Trinajstić information content (AvgIpc) is 3.47. The van der Waals surface area contributed by atoms with E-state index in [2.05, 4.69) is 40.6 Å². The molecule has 5 heteroatoms. The molecule has 0 aliphatic heterocycles. The molecule has 1 unspecified atom stereocenters. The summed E-state index contributed by atoms with van der Waals surface area (Å²) in [6, 6.07) is 20.6. The van der Waals surface area contributed by atoms with Gasteiger partial charge in [-0.2, -0.15) is 4.98 Å². The molecule has 1 aromatic heterocycles. The summed E-state index contributed by atoms with van der Waals surface area (Å²) in [4.78, 5) is 4.55. The molecule has 0 bridgehead atoms. The monoisotopic (exact) mass is 453 g/mol. The second-order valence-electron chi connectivity index (χ2n) is 9.88. The first-order valence-electron chi connectivity index (χ1n) is 12.1. The molecule has 1 saturated carbocycles. The fourth-order valence-corrected chi connectivity index (χ4v) is 5.48. The fourth-order valence-electron chi connectivity index (χ4n) is 5.48. The van der Waals surface area contributed by atoms with Gasteiger partial charge in [0.25, 0.3) is 5.89 Å². The summed E-state index contributed by atoms with van der Waals surface area (Å²) in [5.41, 5.74) is 6.75. The van der Waals surface area contributed by atoms with Gasteiger partial charge in [-0.3, -0.25) is 0 Å². The quantitative estimate of drug-likeness (QED) is 0.357. The van der Waals surface area contributed by atoms with E-state index in [1.807, 2.05) is 37.3 Å². The molecule has 34 heavy (non-hydrogen) atoms. The van der Waals surface area contributed by atoms with Gasteiger partial charge in [0.2, 0.25) is 5.82 Å². The number of hydrogen-bond donors (Lipinski definition) is 1. The topological polar surface area (TPSA) is 51.0 Å². The van der Waals surface area contributed by atoms with E-state index in [0.717, 1.165) is 41.0 Å². The van der Waals surface area contributed by atoms with Gasteiger partial charge < -0.3 is 9.84 Å². The van der Waals surface area contributed by atoms with E-state index in [0.29, 0.717) is 23.5 Å². The van der Waals surface area contributed by atoms with Crippen LogP contribution in [-0.4, -0.2) is 16.2 Å². The van der Waals surface area contributed by atoms with Crippen molar-refractivity contribution >= 4 is 0 Å². The summed E-state index contributed by atoms with van der Waals surface area (Å²) in [6.07, 6.45) is 4.72. The predicted octanol–water partition coefficient (Wildman–Crippen LogP) is 6.89. The number of benzene rings is 3. The maximum absolute atomic E-state index is 15.1. The standard InChI is InChI=1S/C29H28FN3O/c1-17-12-22(13-17)31-27-11-9-20-15-21(8-10-23(20)27)28-32-29(34-33-28)25-14-18(2)24(16-26(25)30)19-6-4-3-5-7-19/h3-8,10,14-17,22,27,31H,9,11-13H2,1-2H3/t17-,22-,27?. The largest absolute Gasteiger partial charge is 0.334 e. The van der Waals surface area contributed by atoms with Crippen LogP contribution >= 0.6 is 0 Å². The summed E-state index contributed by atoms with van der Waals surface area (Å²) in [6.45, 7) is 4.29. The van der Waals surface area contributed by atoms with Crippen LogP contribution in [0.15, 0.2) is 65.2 Å². The summed E-state index contributed by atoms with van der Waals surface area (Å²) in [5.74, 6) is 1.17. The number of aromatic nitrogens is 2. The smallest absolute Gasteiger partial charge is 0.261 e. The highest BCUT2D eigenvalue weighted by atomic mass is 19.1. The van der Waals surface area contributed by atoms with Crippen molar-refractivity contribution in [2.24, 2.45) is 5.92 Å². The first-order chi connectivity index (χ1) is 16.5. The van der Waals surface area contributed by atoms with E-state index in [-0.39, 0.29) is 11.7 Å². The maximum atomic E-state index is 15.1. The van der Waals surface area contributed by atoms with Crippen molar-refractivity contribution in [3.8, 4) is 34.0 Å². The van der Waals surface area contributed by atoms with Gasteiger partial charge in [0.15, 0.2) is 0 Å². The van der Waals surface area contributed by atoms with E-state index in [1.54, 1.807) is 12.1 Å². The Morgan fingerprint density at radius 3 is 2.59 bits per heavy atom. The van der Waals surface area contributed by atoms with Gasteiger partial charge in [-0.25, -0.2) is 4.39 Å². The van der Waals surface area contributed by atoms with Crippen molar-refractivity contribution in [1.82, 2.24) is 15.5 Å². The zero-order chi connectivity index (χ0) is 23.2. The predicted molar refractivity (Wildman–Crippen MR) is 132 cm³/mol. The molecule has 172 valence electrons. The highest BCUT2D eigenvalue weighted by Gasteiger charge is 2.31. The Labute approximate surface area is 199 Å². The van der Waals surface area contributed by atoms with E-state index in [4.69, 9.17) is 4.52 Å². The molecule has 0 amide bonds. The van der Waals surface area contributed by atoms with E-state index in [9.17, 15) is 0 Å². The summed E-state index contributed by atoms with van der Waals surface area (Å²) >= 11 is 0. The van der Waals surface area contributed by atoms with Crippen LogP contribution in [0.5, 0.6) is 0 Å². The second kappa shape index (κ2) is 8.48. The number of aryl methyl sites for hydroxylation is 2. The number of fused-ring (bicyclic) bond motifs is 1. The van der Waals surface area contributed by atoms with Crippen LogP contribution in [0, 0.1) is 18.7 Å². The van der Waals surface area contributed by atoms with Gasteiger partial charge in [-0.15, -0.1) is 0 Å². The van der Waals surface area contributed by atoms with Crippen molar-refractivity contribution in [2.75, 3.05) is 0 Å². The molecule has 1 N–H and O–H groups in total. The van der Waals surface area contributed by atoms with Crippen LogP contribution in [0.1, 0.15) is 48.9 Å². The number of halogens is 1. The number of nitrogens with one attached hydrogen (secondary N) is 1. The zero-order valence-electron chi connectivity index (χ0n) is 19.5. The average molecular weight is 454 g/mol. The molecule has 0 spiro atoms. The minimum Gasteiger partial charge on any atom is -0.334 e. The molecule has 1 fully saturated rings. The number of nitrogens with zero attached hydrogens (tertiary/aromatic N) is 2. The highest BCUT2D eigenvalue weighted by Crippen LogP contribution is 2.37. The molecule has 0 saturated heterocycles. The molecule has 4 aromatic rings. The SMILES string of the molecule is Cc1cc(-c2nc(-c3ccc4c(c3)CCC4N[C@H]3C[C@H](C)C3)no2)c(F)cc1-c1ccccc1. The van der Waals surface area contributed by atoms with Crippen molar-refractivity contribution in [2.45, 2.75) is 51.6 Å². The minimum absolute atomic E-state index is 0.203. The van der Waals surface area contributed by atoms with Gasteiger partial charge in [-0.1, -0.05) is 54.5 Å². The molecule has 1 heterocycles. The molecule has 2 aliphatic carbocycles. The first kappa shape index (κ1) is 21.2. The van der Waals surface area contributed by atoms with Crippen molar-refractivity contribution < 1.29 is 8.91 Å². The van der Waals surface area contributed by atoms with E-state index in [1.165, 1.54) is 24.0 Å². The fraction of sp³-hybridized carbons (Fsp3) is 0.310. The number of hydrogen-bond acceptors (Lipinski definition) is 4. The lowest BCUT2D eigenvalue weighted by atomic mass is 9.81. The van der Waals surface area contributed by atoms with Crippen LogP contribution in [-0.2, 0) is 6.42 Å². The van der Waals surface area contributed by atoms with Crippen molar-refractivity contribution in [1.29, 1.82) is 0 Å². The van der Waals surface area contributed by atoms with Crippen LogP contribution in [0.25, 0.3) is 34.0 Å².